The average Bonchev–Trinajstić information content (AvgIpc) is 2.71. The van der Waals surface area contributed by atoms with Crippen LogP contribution in [0.3, 0.4) is 0 Å². The van der Waals surface area contributed by atoms with E-state index in [2.05, 4.69) is 13.8 Å². The van der Waals surface area contributed by atoms with E-state index in [9.17, 15) is 14.3 Å². The molecule has 0 amide bonds. The standard InChI is InChI=1S/C17H22FNO2/c1-4-6-11(7-5-2)16-15(17(20)21)13-10-12(18)8-9-14(13)19(16)3/h8-11H,4-7H2,1-3H3,(H,20,21). The van der Waals surface area contributed by atoms with Crippen molar-refractivity contribution in [1.29, 1.82) is 0 Å². The lowest BCUT2D eigenvalue weighted by atomic mass is 9.91. The molecule has 0 saturated carbocycles. The molecule has 0 spiro atoms. The van der Waals surface area contributed by atoms with E-state index in [1.54, 1.807) is 6.07 Å². The fourth-order valence-corrected chi connectivity index (χ4v) is 3.25. The minimum atomic E-state index is -0.974. The van der Waals surface area contributed by atoms with Crippen LogP contribution < -0.4 is 0 Å². The Kier molecular flexibility index (Phi) is 4.66. The first-order valence-electron chi connectivity index (χ1n) is 7.52. The number of fused-ring (bicyclic) bond motifs is 1. The number of carboxylic acids is 1. The van der Waals surface area contributed by atoms with Gasteiger partial charge in [-0.25, -0.2) is 9.18 Å². The number of rotatable bonds is 6. The Labute approximate surface area is 124 Å². The van der Waals surface area contributed by atoms with Crippen LogP contribution in [0.15, 0.2) is 18.2 Å². The lowest BCUT2D eigenvalue weighted by Crippen LogP contribution is -2.10. The van der Waals surface area contributed by atoms with Crippen molar-refractivity contribution in [2.24, 2.45) is 7.05 Å². The summed E-state index contributed by atoms with van der Waals surface area (Å²) >= 11 is 0. The maximum absolute atomic E-state index is 13.5. The highest BCUT2D eigenvalue weighted by Crippen LogP contribution is 2.35. The van der Waals surface area contributed by atoms with Gasteiger partial charge in [-0.3, -0.25) is 0 Å². The molecule has 3 nitrogen and oxygen atoms in total. The van der Waals surface area contributed by atoms with Crippen molar-refractivity contribution >= 4 is 16.9 Å². The third-order valence-corrected chi connectivity index (χ3v) is 4.08. The van der Waals surface area contributed by atoms with E-state index in [0.717, 1.165) is 36.9 Å². The molecule has 0 unspecified atom stereocenters. The summed E-state index contributed by atoms with van der Waals surface area (Å²) in [4.78, 5) is 11.7. The second-order valence-corrected chi connectivity index (χ2v) is 5.56. The van der Waals surface area contributed by atoms with E-state index in [1.165, 1.54) is 12.1 Å². The molecule has 1 aromatic heterocycles. The highest BCUT2D eigenvalue weighted by Gasteiger charge is 2.26. The zero-order valence-corrected chi connectivity index (χ0v) is 12.8. The molecule has 0 saturated heterocycles. The number of aromatic carboxylic acids is 1. The lowest BCUT2D eigenvalue weighted by molar-refractivity contribution is 0.0696. The summed E-state index contributed by atoms with van der Waals surface area (Å²) in [5, 5.41) is 10.1. The number of aromatic nitrogens is 1. The van der Waals surface area contributed by atoms with Crippen LogP contribution in [0.1, 0.15) is 61.5 Å². The molecule has 0 radical (unpaired) electrons. The van der Waals surface area contributed by atoms with Gasteiger partial charge in [0.15, 0.2) is 0 Å². The van der Waals surface area contributed by atoms with Crippen molar-refractivity contribution < 1.29 is 14.3 Å². The van der Waals surface area contributed by atoms with Gasteiger partial charge < -0.3 is 9.67 Å². The molecule has 1 N–H and O–H groups in total. The first-order valence-corrected chi connectivity index (χ1v) is 7.52. The number of hydrogen-bond donors (Lipinski definition) is 1. The minimum Gasteiger partial charge on any atom is -0.478 e. The zero-order chi connectivity index (χ0) is 15.6. The molecule has 1 aromatic carbocycles. The van der Waals surface area contributed by atoms with Crippen molar-refractivity contribution in [2.75, 3.05) is 0 Å². The molecular formula is C17H22FNO2. The van der Waals surface area contributed by atoms with Crippen molar-refractivity contribution in [3.63, 3.8) is 0 Å². The summed E-state index contributed by atoms with van der Waals surface area (Å²) in [6, 6.07) is 4.37. The summed E-state index contributed by atoms with van der Waals surface area (Å²) in [5.74, 6) is -1.17. The van der Waals surface area contributed by atoms with E-state index in [-0.39, 0.29) is 11.5 Å². The Hall–Kier alpha value is -1.84. The van der Waals surface area contributed by atoms with Crippen LogP contribution in [0.5, 0.6) is 0 Å². The van der Waals surface area contributed by atoms with E-state index in [4.69, 9.17) is 0 Å². The molecule has 0 bridgehead atoms. The second-order valence-electron chi connectivity index (χ2n) is 5.56. The van der Waals surface area contributed by atoms with Gasteiger partial charge in [-0.2, -0.15) is 0 Å². The molecule has 114 valence electrons. The van der Waals surface area contributed by atoms with Crippen LogP contribution in [0, 0.1) is 5.82 Å². The predicted octanol–water partition coefficient (Wildman–Crippen LogP) is 4.70. The van der Waals surface area contributed by atoms with Crippen molar-refractivity contribution in [1.82, 2.24) is 4.57 Å². The number of aryl methyl sites for hydroxylation is 1. The van der Waals surface area contributed by atoms with Crippen molar-refractivity contribution in [3.05, 3.63) is 35.3 Å². The lowest BCUT2D eigenvalue weighted by Gasteiger charge is -2.18. The predicted molar refractivity (Wildman–Crippen MR) is 82.4 cm³/mol. The molecule has 0 aliphatic rings. The van der Waals surface area contributed by atoms with Gasteiger partial charge >= 0.3 is 5.97 Å². The number of benzene rings is 1. The summed E-state index contributed by atoms with van der Waals surface area (Å²) in [7, 11) is 1.88. The maximum Gasteiger partial charge on any atom is 0.338 e. The van der Waals surface area contributed by atoms with Crippen LogP contribution >= 0.6 is 0 Å². The van der Waals surface area contributed by atoms with Crippen LogP contribution in [-0.4, -0.2) is 15.6 Å². The number of hydrogen-bond acceptors (Lipinski definition) is 1. The highest BCUT2D eigenvalue weighted by atomic mass is 19.1. The van der Waals surface area contributed by atoms with E-state index in [1.807, 2.05) is 11.6 Å². The Bertz CT molecular complexity index is 654. The van der Waals surface area contributed by atoms with Gasteiger partial charge in [0.2, 0.25) is 0 Å². The number of carbonyl (C=O) groups is 1. The molecule has 0 fully saturated rings. The molecule has 2 aromatic rings. The van der Waals surface area contributed by atoms with Gasteiger partial charge in [0.25, 0.3) is 0 Å². The van der Waals surface area contributed by atoms with Crippen LogP contribution in [0.4, 0.5) is 4.39 Å². The summed E-state index contributed by atoms with van der Waals surface area (Å²) in [6.07, 6.45) is 3.89. The topological polar surface area (TPSA) is 42.2 Å². The largest absolute Gasteiger partial charge is 0.478 e. The SMILES string of the molecule is CCCC(CCC)c1c(C(=O)O)c2cc(F)ccc2n1C. The number of carboxylic acid groups (broad SMARTS) is 1. The van der Waals surface area contributed by atoms with Gasteiger partial charge in [-0.1, -0.05) is 26.7 Å². The van der Waals surface area contributed by atoms with E-state index < -0.39 is 11.8 Å². The van der Waals surface area contributed by atoms with Gasteiger partial charge in [-0.15, -0.1) is 0 Å². The van der Waals surface area contributed by atoms with Crippen molar-refractivity contribution in [3.8, 4) is 0 Å². The molecule has 1 heterocycles. The normalized spacial score (nSPS) is 11.5. The molecule has 0 aliphatic carbocycles. The number of halogens is 1. The average molecular weight is 291 g/mol. The van der Waals surface area contributed by atoms with Gasteiger partial charge in [0, 0.05) is 29.6 Å². The third-order valence-electron chi connectivity index (χ3n) is 4.08. The molecule has 2 rings (SSSR count). The van der Waals surface area contributed by atoms with Crippen LogP contribution in [-0.2, 0) is 7.05 Å². The van der Waals surface area contributed by atoms with Gasteiger partial charge in [0.1, 0.15) is 5.82 Å². The Balaban J connectivity index is 2.73. The van der Waals surface area contributed by atoms with Crippen LogP contribution in [0.2, 0.25) is 0 Å². The molecule has 0 atom stereocenters. The van der Waals surface area contributed by atoms with Gasteiger partial charge in [-0.05, 0) is 31.0 Å². The molecule has 4 heteroatoms. The Morgan fingerprint density at radius 3 is 2.43 bits per heavy atom. The summed E-state index contributed by atoms with van der Waals surface area (Å²) in [5.41, 5.74) is 1.87. The second kappa shape index (κ2) is 6.29. The highest BCUT2D eigenvalue weighted by molar-refractivity contribution is 6.05. The quantitative estimate of drug-likeness (QED) is 0.838. The monoisotopic (exact) mass is 291 g/mol. The first-order chi connectivity index (χ1) is 10.0. The van der Waals surface area contributed by atoms with E-state index in [0.29, 0.717) is 5.39 Å². The fourth-order valence-electron chi connectivity index (χ4n) is 3.25. The Morgan fingerprint density at radius 1 is 1.29 bits per heavy atom. The van der Waals surface area contributed by atoms with Crippen LogP contribution in [0.25, 0.3) is 10.9 Å². The molecule has 0 aliphatic heterocycles. The number of nitrogens with zero attached hydrogens (tertiary/aromatic N) is 1. The molecule has 21 heavy (non-hydrogen) atoms. The maximum atomic E-state index is 13.5. The minimum absolute atomic E-state index is 0.201. The summed E-state index contributed by atoms with van der Waals surface area (Å²) in [6.45, 7) is 4.21. The summed E-state index contributed by atoms with van der Waals surface area (Å²) < 4.78 is 15.4. The first kappa shape index (κ1) is 15.5. The fraction of sp³-hybridized carbons (Fsp3) is 0.471. The zero-order valence-electron chi connectivity index (χ0n) is 12.8. The van der Waals surface area contributed by atoms with Crippen molar-refractivity contribution in [2.45, 2.75) is 45.4 Å². The third kappa shape index (κ3) is 2.80. The van der Waals surface area contributed by atoms with E-state index >= 15 is 0 Å². The van der Waals surface area contributed by atoms with Gasteiger partial charge in [0.05, 0.1) is 5.56 Å². The molecular weight excluding hydrogens is 269 g/mol. The Morgan fingerprint density at radius 2 is 1.90 bits per heavy atom. The smallest absolute Gasteiger partial charge is 0.338 e.